The molecule has 0 spiro atoms. The Kier molecular flexibility index (Phi) is 4.57. The minimum atomic E-state index is 0.677. The Morgan fingerprint density at radius 1 is 1.25 bits per heavy atom. The smallest absolute Gasteiger partial charge is 0.151 e. The molecule has 1 aromatic rings. The molecule has 0 amide bonds. The second kappa shape index (κ2) is 6.18. The number of hydrogen-bond donors (Lipinski definition) is 0. The topological polar surface area (TPSA) is 43.6 Å². The fourth-order valence-electron chi connectivity index (χ4n) is 2.38. The molecule has 1 aliphatic carbocycles. The van der Waals surface area contributed by atoms with Gasteiger partial charge in [-0.3, -0.25) is 0 Å². The van der Waals surface area contributed by atoms with Gasteiger partial charge < -0.3 is 0 Å². The highest BCUT2D eigenvalue weighted by atomic mass is 35.5. The average Bonchev–Trinajstić information content (AvgIpc) is 2.75. The fraction of sp³-hybridized carbons (Fsp3) is 0.909. The summed E-state index contributed by atoms with van der Waals surface area (Å²) < 4.78 is 1.97. The van der Waals surface area contributed by atoms with Crippen molar-refractivity contribution in [2.75, 3.05) is 5.88 Å². The van der Waals surface area contributed by atoms with Gasteiger partial charge in [-0.15, -0.1) is 16.7 Å². The Balaban J connectivity index is 1.89. The molecular formula is C11H19ClN4. The van der Waals surface area contributed by atoms with E-state index in [4.69, 9.17) is 11.6 Å². The van der Waals surface area contributed by atoms with E-state index in [0.717, 1.165) is 31.1 Å². The van der Waals surface area contributed by atoms with Crippen LogP contribution in [0, 0.1) is 5.92 Å². The summed E-state index contributed by atoms with van der Waals surface area (Å²) in [5.74, 6) is 2.44. The van der Waals surface area contributed by atoms with Gasteiger partial charge in [0.1, 0.15) is 0 Å². The molecular weight excluding hydrogens is 224 g/mol. The minimum Gasteiger partial charge on any atom is -0.229 e. The standard InChI is InChI=1S/C11H19ClN4/c12-8-4-7-11-13-14-15-16(11)9-10-5-2-1-3-6-10/h10H,1-9H2. The Morgan fingerprint density at radius 3 is 2.81 bits per heavy atom. The third-order valence-electron chi connectivity index (χ3n) is 3.30. The summed E-state index contributed by atoms with van der Waals surface area (Å²) in [4.78, 5) is 0. The van der Waals surface area contributed by atoms with Crippen molar-refractivity contribution in [2.45, 2.75) is 51.5 Å². The van der Waals surface area contributed by atoms with E-state index in [1.165, 1.54) is 32.1 Å². The molecule has 0 unspecified atom stereocenters. The summed E-state index contributed by atoms with van der Waals surface area (Å²) in [7, 11) is 0. The first-order valence-corrected chi connectivity index (χ1v) is 6.74. The summed E-state index contributed by atoms with van der Waals surface area (Å²) >= 11 is 5.68. The van der Waals surface area contributed by atoms with Crippen LogP contribution in [-0.2, 0) is 13.0 Å². The lowest BCUT2D eigenvalue weighted by Gasteiger charge is -2.21. The van der Waals surface area contributed by atoms with Crippen LogP contribution in [0.3, 0.4) is 0 Å². The van der Waals surface area contributed by atoms with Crippen molar-refractivity contribution in [3.8, 4) is 0 Å². The Bertz CT molecular complexity index is 307. The highest BCUT2D eigenvalue weighted by Gasteiger charge is 2.16. The number of alkyl halides is 1. The van der Waals surface area contributed by atoms with Crippen LogP contribution in [0.5, 0.6) is 0 Å². The van der Waals surface area contributed by atoms with Gasteiger partial charge >= 0.3 is 0 Å². The van der Waals surface area contributed by atoms with E-state index < -0.39 is 0 Å². The maximum absolute atomic E-state index is 5.68. The SMILES string of the molecule is ClCCCc1nnnn1CC1CCCCC1. The summed E-state index contributed by atoms with van der Waals surface area (Å²) in [5.41, 5.74) is 0. The van der Waals surface area contributed by atoms with Gasteiger partial charge in [-0.05, 0) is 35.6 Å². The third-order valence-corrected chi connectivity index (χ3v) is 3.56. The van der Waals surface area contributed by atoms with Gasteiger partial charge in [-0.2, -0.15) is 0 Å². The summed E-state index contributed by atoms with van der Waals surface area (Å²) in [6, 6.07) is 0. The van der Waals surface area contributed by atoms with Crippen LogP contribution >= 0.6 is 11.6 Å². The van der Waals surface area contributed by atoms with Crippen molar-refractivity contribution in [3.05, 3.63) is 5.82 Å². The first-order valence-electron chi connectivity index (χ1n) is 6.21. The fourth-order valence-corrected chi connectivity index (χ4v) is 2.52. The Hall–Kier alpha value is -0.640. The third kappa shape index (κ3) is 3.17. The second-order valence-electron chi connectivity index (χ2n) is 4.57. The molecule has 0 atom stereocenters. The average molecular weight is 243 g/mol. The monoisotopic (exact) mass is 242 g/mol. The Labute approximate surface area is 101 Å². The van der Waals surface area contributed by atoms with E-state index in [-0.39, 0.29) is 0 Å². The van der Waals surface area contributed by atoms with Gasteiger partial charge in [0.15, 0.2) is 5.82 Å². The van der Waals surface area contributed by atoms with Crippen LogP contribution in [0.15, 0.2) is 0 Å². The lowest BCUT2D eigenvalue weighted by atomic mass is 9.89. The molecule has 4 nitrogen and oxygen atoms in total. The van der Waals surface area contributed by atoms with Crippen molar-refractivity contribution in [2.24, 2.45) is 5.92 Å². The van der Waals surface area contributed by atoms with E-state index in [2.05, 4.69) is 15.5 Å². The van der Waals surface area contributed by atoms with E-state index in [0.29, 0.717) is 5.88 Å². The van der Waals surface area contributed by atoms with Gasteiger partial charge in [0.05, 0.1) is 0 Å². The highest BCUT2D eigenvalue weighted by molar-refractivity contribution is 6.17. The molecule has 1 heterocycles. The van der Waals surface area contributed by atoms with Gasteiger partial charge in [-0.25, -0.2) is 4.68 Å². The maximum Gasteiger partial charge on any atom is 0.151 e. The number of aryl methyl sites for hydroxylation is 1. The molecule has 0 bridgehead atoms. The minimum absolute atomic E-state index is 0.677. The molecule has 0 aromatic carbocycles. The van der Waals surface area contributed by atoms with Crippen molar-refractivity contribution >= 4 is 11.6 Å². The van der Waals surface area contributed by atoms with Gasteiger partial charge in [0, 0.05) is 18.8 Å². The van der Waals surface area contributed by atoms with E-state index in [1.54, 1.807) is 0 Å². The molecule has 0 saturated heterocycles. The number of tetrazole rings is 1. The predicted molar refractivity (Wildman–Crippen MR) is 63.4 cm³/mol. The van der Waals surface area contributed by atoms with Crippen molar-refractivity contribution in [1.29, 1.82) is 0 Å². The van der Waals surface area contributed by atoms with Crippen molar-refractivity contribution in [3.63, 3.8) is 0 Å². The normalized spacial score (nSPS) is 17.8. The first kappa shape index (κ1) is 11.8. The number of aromatic nitrogens is 4. The summed E-state index contributed by atoms with van der Waals surface area (Å²) in [5, 5.41) is 11.9. The molecule has 90 valence electrons. The van der Waals surface area contributed by atoms with Crippen LogP contribution in [0.25, 0.3) is 0 Å². The zero-order valence-electron chi connectivity index (χ0n) is 9.61. The molecule has 0 aliphatic heterocycles. The molecule has 0 radical (unpaired) electrons. The van der Waals surface area contributed by atoms with Crippen LogP contribution in [0.1, 0.15) is 44.3 Å². The van der Waals surface area contributed by atoms with E-state index in [9.17, 15) is 0 Å². The zero-order valence-corrected chi connectivity index (χ0v) is 10.4. The zero-order chi connectivity index (χ0) is 11.2. The van der Waals surface area contributed by atoms with Gasteiger partial charge in [-0.1, -0.05) is 19.3 Å². The molecule has 2 rings (SSSR count). The second-order valence-corrected chi connectivity index (χ2v) is 4.95. The Morgan fingerprint density at radius 2 is 2.06 bits per heavy atom. The quantitative estimate of drug-likeness (QED) is 0.745. The predicted octanol–water partition coefficient (Wildman–Crippen LogP) is 2.42. The molecule has 0 N–H and O–H groups in total. The molecule has 1 fully saturated rings. The van der Waals surface area contributed by atoms with E-state index >= 15 is 0 Å². The largest absolute Gasteiger partial charge is 0.229 e. The van der Waals surface area contributed by atoms with Crippen molar-refractivity contribution in [1.82, 2.24) is 20.2 Å². The van der Waals surface area contributed by atoms with Crippen LogP contribution in [0.2, 0.25) is 0 Å². The summed E-state index contributed by atoms with van der Waals surface area (Å²) in [6.07, 6.45) is 8.62. The van der Waals surface area contributed by atoms with Crippen molar-refractivity contribution < 1.29 is 0 Å². The molecule has 1 aromatic heterocycles. The highest BCUT2D eigenvalue weighted by Crippen LogP contribution is 2.24. The van der Waals surface area contributed by atoms with Crippen LogP contribution < -0.4 is 0 Å². The molecule has 1 saturated carbocycles. The lowest BCUT2D eigenvalue weighted by molar-refractivity contribution is 0.301. The van der Waals surface area contributed by atoms with Gasteiger partial charge in [0.2, 0.25) is 0 Å². The number of halogens is 1. The number of rotatable bonds is 5. The number of nitrogens with zero attached hydrogens (tertiary/aromatic N) is 4. The van der Waals surface area contributed by atoms with Gasteiger partial charge in [0.25, 0.3) is 0 Å². The van der Waals surface area contributed by atoms with Crippen LogP contribution in [-0.4, -0.2) is 26.1 Å². The first-order chi connectivity index (χ1) is 7.90. The molecule has 16 heavy (non-hydrogen) atoms. The maximum atomic E-state index is 5.68. The van der Waals surface area contributed by atoms with Crippen LogP contribution in [0.4, 0.5) is 0 Å². The lowest BCUT2D eigenvalue weighted by Crippen LogP contribution is -2.17. The number of hydrogen-bond acceptors (Lipinski definition) is 3. The van der Waals surface area contributed by atoms with E-state index in [1.807, 2.05) is 4.68 Å². The molecule has 1 aliphatic rings. The molecule has 5 heteroatoms. The summed E-state index contributed by atoms with van der Waals surface area (Å²) in [6.45, 7) is 0.991.